The van der Waals surface area contributed by atoms with E-state index in [9.17, 15) is 4.79 Å². The van der Waals surface area contributed by atoms with Crippen molar-refractivity contribution in [1.82, 2.24) is 5.43 Å². The Labute approximate surface area is 213 Å². The van der Waals surface area contributed by atoms with Crippen LogP contribution in [0.3, 0.4) is 0 Å². The minimum Gasteiger partial charge on any atom is -0.372 e. The van der Waals surface area contributed by atoms with Crippen LogP contribution in [-0.4, -0.2) is 30.5 Å². The summed E-state index contributed by atoms with van der Waals surface area (Å²) in [5, 5.41) is 2.06. The summed E-state index contributed by atoms with van der Waals surface area (Å²) in [5.41, 5.74) is 5.80. The minimum atomic E-state index is -0.436. The van der Waals surface area contributed by atoms with Gasteiger partial charge in [-0.15, -0.1) is 0 Å². The van der Waals surface area contributed by atoms with Crippen LogP contribution in [0.2, 0.25) is 15.1 Å². The Balaban J connectivity index is 1.77. The van der Waals surface area contributed by atoms with Gasteiger partial charge in [0.1, 0.15) is 5.69 Å². The van der Waals surface area contributed by atoms with Crippen molar-refractivity contribution in [1.29, 1.82) is 0 Å². The minimum absolute atomic E-state index is 0.140. The summed E-state index contributed by atoms with van der Waals surface area (Å²) in [4.78, 5) is 24.9. The molecule has 0 aliphatic carbocycles. The van der Waals surface area contributed by atoms with E-state index < -0.39 is 5.91 Å². The van der Waals surface area contributed by atoms with Crippen molar-refractivity contribution in [2.45, 2.75) is 13.8 Å². The van der Waals surface area contributed by atoms with Gasteiger partial charge in [0, 0.05) is 23.8 Å². The predicted octanol–water partition coefficient (Wildman–Crippen LogP) is 6.85. The number of benzene rings is 3. The number of aliphatic imine (C=N–C) groups is 2. The average Bonchev–Trinajstić information content (AvgIpc) is 3.10. The third-order valence-electron chi connectivity index (χ3n) is 5.27. The SMILES string of the molecule is CCN(CC)c1ccc(N=C2C(=O)N(c3c(Cl)cc(Cl)cc3Cl)NC2=Nc2ccccc2)cc1. The van der Waals surface area contributed by atoms with Crippen LogP contribution in [0, 0.1) is 0 Å². The van der Waals surface area contributed by atoms with E-state index in [1.807, 2.05) is 54.6 Å². The highest BCUT2D eigenvalue weighted by atomic mass is 35.5. The maximum absolute atomic E-state index is 13.5. The zero-order chi connectivity index (χ0) is 24.2. The zero-order valence-electron chi connectivity index (χ0n) is 18.6. The number of carbonyl (C=O) groups excluding carboxylic acids is 1. The smallest absolute Gasteiger partial charge is 0.299 e. The number of nitrogens with zero attached hydrogens (tertiary/aromatic N) is 4. The second-order valence-corrected chi connectivity index (χ2v) is 8.67. The van der Waals surface area contributed by atoms with Gasteiger partial charge in [-0.1, -0.05) is 53.0 Å². The molecule has 0 spiro atoms. The fourth-order valence-electron chi connectivity index (χ4n) is 3.59. The zero-order valence-corrected chi connectivity index (χ0v) is 20.9. The molecule has 1 aliphatic heterocycles. The number of hydrogen-bond donors (Lipinski definition) is 1. The normalized spacial score (nSPS) is 15.8. The molecule has 0 aromatic heterocycles. The molecule has 9 heteroatoms. The maximum Gasteiger partial charge on any atom is 0.299 e. The van der Waals surface area contributed by atoms with Crippen LogP contribution in [0.5, 0.6) is 0 Å². The van der Waals surface area contributed by atoms with E-state index in [1.54, 1.807) is 0 Å². The van der Waals surface area contributed by atoms with Crippen molar-refractivity contribution >= 4 is 75.0 Å². The Kier molecular flexibility index (Phi) is 7.41. The van der Waals surface area contributed by atoms with Crippen molar-refractivity contribution in [2.75, 3.05) is 23.0 Å². The van der Waals surface area contributed by atoms with Crippen LogP contribution in [-0.2, 0) is 4.79 Å². The number of amides is 1. The molecule has 3 aromatic rings. The Morgan fingerprint density at radius 1 is 0.853 bits per heavy atom. The maximum atomic E-state index is 13.5. The summed E-state index contributed by atoms with van der Waals surface area (Å²) in [5.74, 6) is -0.153. The number of nitrogens with one attached hydrogen (secondary N) is 1. The number of carbonyl (C=O) groups is 1. The molecule has 0 bridgehead atoms. The van der Waals surface area contributed by atoms with Gasteiger partial charge in [0.2, 0.25) is 0 Å². The first-order chi connectivity index (χ1) is 16.4. The number of rotatable bonds is 6. The van der Waals surface area contributed by atoms with Crippen LogP contribution >= 0.6 is 34.8 Å². The van der Waals surface area contributed by atoms with Gasteiger partial charge in [-0.05, 0) is 62.4 Å². The van der Waals surface area contributed by atoms with Gasteiger partial charge in [0.05, 0.1) is 21.4 Å². The molecular weight excluding hydrogens is 493 g/mol. The Morgan fingerprint density at radius 3 is 2.03 bits per heavy atom. The highest BCUT2D eigenvalue weighted by Crippen LogP contribution is 2.37. The first kappa shape index (κ1) is 24.1. The highest BCUT2D eigenvalue weighted by Gasteiger charge is 2.37. The van der Waals surface area contributed by atoms with E-state index in [0.29, 0.717) is 16.4 Å². The van der Waals surface area contributed by atoms with E-state index >= 15 is 0 Å². The first-order valence-electron chi connectivity index (χ1n) is 10.7. The van der Waals surface area contributed by atoms with Gasteiger partial charge in [-0.2, -0.15) is 0 Å². The second kappa shape index (κ2) is 10.5. The molecule has 6 nitrogen and oxygen atoms in total. The van der Waals surface area contributed by atoms with Crippen LogP contribution in [0.25, 0.3) is 0 Å². The summed E-state index contributed by atoms with van der Waals surface area (Å²) in [6.45, 7) is 6.01. The summed E-state index contributed by atoms with van der Waals surface area (Å²) < 4.78 is 0. The third kappa shape index (κ3) is 5.04. The van der Waals surface area contributed by atoms with Crippen molar-refractivity contribution in [3.05, 3.63) is 81.8 Å². The Morgan fingerprint density at radius 2 is 1.44 bits per heavy atom. The lowest BCUT2D eigenvalue weighted by Crippen LogP contribution is -2.36. The summed E-state index contributed by atoms with van der Waals surface area (Å²) in [7, 11) is 0. The topological polar surface area (TPSA) is 60.3 Å². The number of para-hydroxylation sites is 1. The summed E-state index contributed by atoms with van der Waals surface area (Å²) >= 11 is 18.8. The van der Waals surface area contributed by atoms with Gasteiger partial charge in [-0.3, -0.25) is 10.2 Å². The lowest BCUT2D eigenvalue weighted by molar-refractivity contribution is -0.112. The van der Waals surface area contributed by atoms with Crippen LogP contribution in [0.4, 0.5) is 22.7 Å². The van der Waals surface area contributed by atoms with Crippen molar-refractivity contribution in [2.24, 2.45) is 9.98 Å². The molecule has 1 heterocycles. The molecule has 0 atom stereocenters. The molecule has 1 amide bonds. The van der Waals surface area contributed by atoms with E-state index in [-0.39, 0.29) is 27.3 Å². The van der Waals surface area contributed by atoms with Crippen molar-refractivity contribution in [3.8, 4) is 0 Å². The van der Waals surface area contributed by atoms with Gasteiger partial charge >= 0.3 is 0 Å². The molecule has 1 aliphatic rings. The van der Waals surface area contributed by atoms with E-state index in [2.05, 4.69) is 34.2 Å². The van der Waals surface area contributed by atoms with E-state index in [0.717, 1.165) is 18.8 Å². The molecule has 174 valence electrons. The van der Waals surface area contributed by atoms with Crippen LogP contribution in [0.15, 0.2) is 76.7 Å². The lowest BCUT2D eigenvalue weighted by atomic mass is 10.2. The molecule has 0 unspecified atom stereocenters. The standard InChI is InChI=1S/C25H22Cl3N5O/c1-3-32(4-2)19-12-10-18(11-13-19)29-22-24(30-17-8-6-5-7-9-17)31-33(25(22)34)23-20(27)14-16(26)15-21(23)28/h5-15H,3-4H2,1-2H3,(H,30,31). The molecule has 0 saturated carbocycles. The molecule has 0 radical (unpaired) electrons. The molecule has 1 saturated heterocycles. The first-order valence-corrected chi connectivity index (χ1v) is 11.9. The number of amidine groups is 1. The largest absolute Gasteiger partial charge is 0.372 e. The van der Waals surface area contributed by atoms with Crippen molar-refractivity contribution in [3.63, 3.8) is 0 Å². The van der Waals surface area contributed by atoms with Crippen LogP contribution in [0.1, 0.15) is 13.8 Å². The monoisotopic (exact) mass is 513 g/mol. The molecule has 4 rings (SSSR count). The summed E-state index contributed by atoms with van der Waals surface area (Å²) in [6, 6.07) is 20.0. The molecule has 3 aromatic carbocycles. The van der Waals surface area contributed by atoms with Gasteiger partial charge in [0.15, 0.2) is 11.5 Å². The lowest BCUT2D eigenvalue weighted by Gasteiger charge is -2.20. The number of hydrazine groups is 1. The predicted molar refractivity (Wildman–Crippen MR) is 143 cm³/mol. The van der Waals surface area contributed by atoms with E-state index in [1.165, 1.54) is 17.1 Å². The van der Waals surface area contributed by atoms with Crippen LogP contribution < -0.4 is 15.3 Å². The molecule has 34 heavy (non-hydrogen) atoms. The quantitative estimate of drug-likeness (QED) is 0.391. The Bertz CT molecular complexity index is 1230. The Hall–Kier alpha value is -3.06. The molecule has 1 N–H and O–H groups in total. The fourth-order valence-corrected chi connectivity index (χ4v) is 4.57. The number of anilines is 2. The molecular formula is C25H22Cl3N5O. The fraction of sp³-hybridized carbons (Fsp3) is 0.160. The summed E-state index contributed by atoms with van der Waals surface area (Å²) in [6.07, 6.45) is 0. The van der Waals surface area contributed by atoms with Crippen molar-refractivity contribution < 1.29 is 4.79 Å². The number of halogens is 3. The van der Waals surface area contributed by atoms with E-state index in [4.69, 9.17) is 34.8 Å². The van der Waals surface area contributed by atoms with Gasteiger partial charge < -0.3 is 4.90 Å². The number of hydrogen-bond acceptors (Lipinski definition) is 4. The van der Waals surface area contributed by atoms with Gasteiger partial charge in [0.25, 0.3) is 5.91 Å². The second-order valence-electron chi connectivity index (χ2n) is 7.42. The average molecular weight is 515 g/mol. The third-order valence-corrected chi connectivity index (χ3v) is 6.06. The molecule has 1 fully saturated rings. The highest BCUT2D eigenvalue weighted by molar-refractivity contribution is 6.72. The van der Waals surface area contributed by atoms with Gasteiger partial charge in [-0.25, -0.2) is 15.0 Å².